The van der Waals surface area contributed by atoms with Gasteiger partial charge in [-0.15, -0.1) is 0 Å². The van der Waals surface area contributed by atoms with Gasteiger partial charge in [0, 0.05) is 22.9 Å². The van der Waals surface area contributed by atoms with E-state index in [-0.39, 0.29) is 23.8 Å². The van der Waals surface area contributed by atoms with E-state index in [1.807, 2.05) is 31.2 Å². The summed E-state index contributed by atoms with van der Waals surface area (Å²) >= 11 is 0. The monoisotopic (exact) mass is 366 g/mol. The highest BCUT2D eigenvalue weighted by Gasteiger charge is 2.29. The lowest BCUT2D eigenvalue weighted by atomic mass is 10.1. The van der Waals surface area contributed by atoms with Crippen LogP contribution < -0.4 is 21.7 Å². The molecule has 3 rings (SSSR count). The molecule has 0 saturated heterocycles. The van der Waals surface area contributed by atoms with Gasteiger partial charge in [-0.05, 0) is 55.7 Å². The average Bonchev–Trinajstić information content (AvgIpc) is 3.47. The first-order valence-electron chi connectivity index (χ1n) is 8.80. The number of hydrogen-bond acceptors (Lipinski definition) is 3. The second-order valence-electron chi connectivity index (χ2n) is 6.65. The van der Waals surface area contributed by atoms with E-state index in [0.29, 0.717) is 11.3 Å². The van der Waals surface area contributed by atoms with Crippen molar-refractivity contribution in [2.45, 2.75) is 25.8 Å². The summed E-state index contributed by atoms with van der Waals surface area (Å²) < 4.78 is 0. The van der Waals surface area contributed by atoms with Crippen LogP contribution >= 0.6 is 0 Å². The quantitative estimate of drug-likeness (QED) is 0.630. The van der Waals surface area contributed by atoms with E-state index in [1.165, 1.54) is 0 Å². The molecular formula is C20H22N4O3. The maximum Gasteiger partial charge on any atom is 0.316 e. The number of primary amides is 1. The molecule has 0 radical (unpaired) electrons. The number of hydrogen-bond donors (Lipinski definition) is 4. The topological polar surface area (TPSA) is 113 Å². The molecule has 4 amide bonds. The van der Waals surface area contributed by atoms with E-state index >= 15 is 0 Å². The molecular weight excluding hydrogens is 344 g/mol. The van der Waals surface area contributed by atoms with Crippen molar-refractivity contribution in [3.63, 3.8) is 0 Å². The van der Waals surface area contributed by atoms with Crippen molar-refractivity contribution in [2.24, 2.45) is 11.7 Å². The summed E-state index contributed by atoms with van der Waals surface area (Å²) in [6.45, 7) is 1.88. The minimum atomic E-state index is -0.685. The van der Waals surface area contributed by atoms with Crippen molar-refractivity contribution in [3.8, 4) is 0 Å². The lowest BCUT2D eigenvalue weighted by Crippen LogP contribution is -2.27. The van der Waals surface area contributed by atoms with Gasteiger partial charge in [-0.3, -0.25) is 9.59 Å². The number of carbonyl (C=O) groups is 3. The van der Waals surface area contributed by atoms with Crippen LogP contribution in [0.2, 0.25) is 0 Å². The Hall–Kier alpha value is -3.35. The van der Waals surface area contributed by atoms with Crippen LogP contribution in [0, 0.1) is 5.92 Å². The van der Waals surface area contributed by atoms with Crippen molar-refractivity contribution in [3.05, 3.63) is 59.7 Å². The summed E-state index contributed by atoms with van der Waals surface area (Å²) in [6.07, 6.45) is 1.92. The van der Waals surface area contributed by atoms with Gasteiger partial charge in [-0.2, -0.15) is 0 Å². The molecule has 1 unspecified atom stereocenters. The molecule has 140 valence electrons. The summed E-state index contributed by atoms with van der Waals surface area (Å²) in [5, 5.41) is 8.24. The fourth-order valence-electron chi connectivity index (χ4n) is 2.69. The molecule has 7 nitrogen and oxygen atoms in total. The van der Waals surface area contributed by atoms with E-state index in [0.717, 1.165) is 24.1 Å². The molecule has 7 heteroatoms. The Morgan fingerprint density at radius 2 is 1.70 bits per heavy atom. The number of urea groups is 1. The van der Waals surface area contributed by atoms with Crippen molar-refractivity contribution < 1.29 is 14.4 Å². The Kier molecular flexibility index (Phi) is 5.40. The minimum absolute atomic E-state index is 0.0635. The highest BCUT2D eigenvalue weighted by Crippen LogP contribution is 2.30. The summed E-state index contributed by atoms with van der Waals surface area (Å²) in [5.74, 6) is -0.0435. The Balaban J connectivity index is 1.60. The highest BCUT2D eigenvalue weighted by molar-refractivity contribution is 5.97. The number of anilines is 2. The third-order valence-electron chi connectivity index (χ3n) is 4.37. The van der Waals surface area contributed by atoms with Crippen LogP contribution in [0.15, 0.2) is 48.5 Å². The molecule has 1 atom stereocenters. The van der Waals surface area contributed by atoms with Gasteiger partial charge < -0.3 is 21.7 Å². The van der Waals surface area contributed by atoms with Gasteiger partial charge in [0.1, 0.15) is 0 Å². The summed E-state index contributed by atoms with van der Waals surface area (Å²) in [6, 6.07) is 13.0. The molecule has 2 aromatic carbocycles. The van der Waals surface area contributed by atoms with Crippen molar-refractivity contribution in [1.29, 1.82) is 0 Å². The first-order valence-corrected chi connectivity index (χ1v) is 8.80. The first kappa shape index (κ1) is 18.4. The van der Waals surface area contributed by atoms with Crippen LogP contribution in [0.4, 0.5) is 16.2 Å². The predicted octanol–water partition coefficient (Wildman–Crippen LogP) is 3.02. The Labute approximate surface area is 157 Å². The Morgan fingerprint density at radius 3 is 2.33 bits per heavy atom. The van der Waals surface area contributed by atoms with E-state index in [9.17, 15) is 14.4 Å². The molecule has 0 aliphatic heterocycles. The lowest BCUT2D eigenvalue weighted by molar-refractivity contribution is -0.117. The standard InChI is InChI=1S/C20H22N4O3/c1-12(13-7-9-16(10-8-13)23-18(25)14-5-6-14)22-19(26)15-3-2-4-17(11-15)24-20(21)27/h2-4,7-12,14H,5-6H2,1H3,(H,22,26)(H,23,25)(H3,21,24,27). The van der Waals surface area contributed by atoms with Gasteiger partial charge in [-0.25, -0.2) is 4.79 Å². The summed E-state index contributed by atoms with van der Waals surface area (Å²) in [4.78, 5) is 35.2. The first-order chi connectivity index (χ1) is 12.9. The maximum atomic E-state index is 12.4. The third kappa shape index (κ3) is 5.07. The average molecular weight is 366 g/mol. The van der Waals surface area contributed by atoms with E-state index in [4.69, 9.17) is 5.73 Å². The molecule has 0 bridgehead atoms. The Bertz CT molecular complexity index is 860. The molecule has 2 aromatic rings. The van der Waals surface area contributed by atoms with Gasteiger partial charge in [0.2, 0.25) is 5.91 Å². The van der Waals surface area contributed by atoms with Crippen molar-refractivity contribution in [2.75, 3.05) is 10.6 Å². The second-order valence-corrected chi connectivity index (χ2v) is 6.65. The van der Waals surface area contributed by atoms with E-state index < -0.39 is 6.03 Å². The smallest absolute Gasteiger partial charge is 0.316 e. The van der Waals surface area contributed by atoms with E-state index in [2.05, 4.69) is 16.0 Å². The minimum Gasteiger partial charge on any atom is -0.351 e. The van der Waals surface area contributed by atoms with Crippen LogP contribution in [0.1, 0.15) is 41.7 Å². The number of rotatable bonds is 6. The van der Waals surface area contributed by atoms with Gasteiger partial charge >= 0.3 is 6.03 Å². The lowest BCUT2D eigenvalue weighted by Gasteiger charge is -2.15. The number of carbonyl (C=O) groups excluding carboxylic acids is 3. The van der Waals surface area contributed by atoms with Gasteiger partial charge in [0.15, 0.2) is 0 Å². The number of nitrogens with one attached hydrogen (secondary N) is 3. The molecule has 1 aliphatic carbocycles. The zero-order valence-electron chi connectivity index (χ0n) is 15.0. The molecule has 0 aromatic heterocycles. The van der Waals surface area contributed by atoms with Crippen LogP contribution in [-0.4, -0.2) is 17.8 Å². The SMILES string of the molecule is CC(NC(=O)c1cccc(NC(N)=O)c1)c1ccc(NC(=O)C2CC2)cc1. The predicted molar refractivity (Wildman–Crippen MR) is 103 cm³/mol. The number of amides is 4. The highest BCUT2D eigenvalue weighted by atomic mass is 16.2. The van der Waals surface area contributed by atoms with Gasteiger partial charge in [0.05, 0.1) is 6.04 Å². The Morgan fingerprint density at radius 1 is 1.00 bits per heavy atom. The molecule has 1 aliphatic rings. The van der Waals surface area contributed by atoms with Crippen molar-refractivity contribution in [1.82, 2.24) is 5.32 Å². The second kappa shape index (κ2) is 7.90. The van der Waals surface area contributed by atoms with Crippen molar-refractivity contribution >= 4 is 29.2 Å². The number of benzene rings is 2. The molecule has 1 saturated carbocycles. The van der Waals surface area contributed by atoms with Crippen LogP contribution in [0.5, 0.6) is 0 Å². The maximum absolute atomic E-state index is 12.4. The third-order valence-corrected chi connectivity index (χ3v) is 4.37. The van der Waals surface area contributed by atoms with Crippen LogP contribution in [0.3, 0.4) is 0 Å². The zero-order chi connectivity index (χ0) is 19.4. The molecule has 0 spiro atoms. The largest absolute Gasteiger partial charge is 0.351 e. The number of nitrogens with two attached hydrogens (primary N) is 1. The van der Waals surface area contributed by atoms with E-state index in [1.54, 1.807) is 24.3 Å². The fraction of sp³-hybridized carbons (Fsp3) is 0.250. The van der Waals surface area contributed by atoms with Gasteiger partial charge in [-0.1, -0.05) is 18.2 Å². The van der Waals surface area contributed by atoms with Crippen LogP contribution in [0.25, 0.3) is 0 Å². The molecule has 5 N–H and O–H groups in total. The summed E-state index contributed by atoms with van der Waals surface area (Å²) in [5.41, 5.74) is 7.63. The molecule has 0 heterocycles. The van der Waals surface area contributed by atoms with Gasteiger partial charge in [0.25, 0.3) is 5.91 Å². The molecule has 1 fully saturated rings. The normalized spacial score (nSPS) is 14.1. The zero-order valence-corrected chi connectivity index (χ0v) is 15.0. The summed E-state index contributed by atoms with van der Waals surface area (Å²) in [7, 11) is 0. The molecule has 27 heavy (non-hydrogen) atoms. The van der Waals surface area contributed by atoms with Crippen LogP contribution in [-0.2, 0) is 4.79 Å². The fourth-order valence-corrected chi connectivity index (χ4v) is 2.69.